The summed E-state index contributed by atoms with van der Waals surface area (Å²) in [6, 6.07) is 7.33. The van der Waals surface area contributed by atoms with Crippen LogP contribution >= 0.6 is 0 Å². The molecule has 2 N–H and O–H groups in total. The Morgan fingerprint density at radius 2 is 1.50 bits per heavy atom. The second kappa shape index (κ2) is 5.86. The van der Waals surface area contributed by atoms with Crippen molar-refractivity contribution in [1.29, 1.82) is 0 Å². The van der Waals surface area contributed by atoms with Crippen LogP contribution in [0.2, 0.25) is 0 Å². The molecule has 0 amide bonds. The summed E-state index contributed by atoms with van der Waals surface area (Å²) in [7, 11) is 0. The van der Waals surface area contributed by atoms with Crippen LogP contribution in [0.25, 0.3) is 11.0 Å². The maximum absolute atomic E-state index is 12.8. The molecule has 22 heavy (non-hydrogen) atoms. The van der Waals surface area contributed by atoms with Crippen LogP contribution in [0, 0.1) is 0 Å². The first-order valence-electron chi connectivity index (χ1n) is 7.63. The number of rotatable bonds is 3. The summed E-state index contributed by atoms with van der Waals surface area (Å²) >= 11 is 0. The molecule has 0 saturated heterocycles. The van der Waals surface area contributed by atoms with Crippen LogP contribution in [-0.4, -0.2) is 11.1 Å². The van der Waals surface area contributed by atoms with Crippen molar-refractivity contribution >= 4 is 11.0 Å². The van der Waals surface area contributed by atoms with E-state index >= 15 is 0 Å². The molecule has 0 atom stereocenters. The molecule has 0 spiro atoms. The van der Waals surface area contributed by atoms with E-state index in [2.05, 4.69) is 52.2 Å². The second-order valence-electron chi connectivity index (χ2n) is 7.74. The first-order chi connectivity index (χ1) is 10.1. The van der Waals surface area contributed by atoms with Gasteiger partial charge in [-0.15, -0.1) is 0 Å². The summed E-state index contributed by atoms with van der Waals surface area (Å²) in [5.74, 6) is 0. The van der Waals surface area contributed by atoms with Gasteiger partial charge in [0.05, 0.1) is 17.1 Å². The van der Waals surface area contributed by atoms with E-state index in [0.717, 1.165) is 0 Å². The molecule has 0 unspecified atom stereocenters. The van der Waals surface area contributed by atoms with E-state index in [1.54, 1.807) is 12.3 Å². The lowest BCUT2D eigenvalue weighted by Gasteiger charge is -2.34. The van der Waals surface area contributed by atoms with E-state index in [1.807, 2.05) is 18.2 Å². The molecule has 1 aromatic carbocycles. The van der Waals surface area contributed by atoms with Gasteiger partial charge in [0.15, 0.2) is 5.43 Å². The molecular weight excluding hydrogens is 276 g/mol. The van der Waals surface area contributed by atoms with Gasteiger partial charge in [0.2, 0.25) is 0 Å². The minimum absolute atomic E-state index is 0.000324. The van der Waals surface area contributed by atoms with Crippen LogP contribution in [0.3, 0.4) is 0 Å². The predicted octanol–water partition coefficient (Wildman–Crippen LogP) is 3.57. The first kappa shape index (κ1) is 16.7. The Morgan fingerprint density at radius 3 is 2.05 bits per heavy atom. The summed E-state index contributed by atoms with van der Waals surface area (Å²) in [5.41, 5.74) is 0.938. The molecule has 0 radical (unpaired) electrons. The van der Waals surface area contributed by atoms with Crippen LogP contribution in [0.5, 0.6) is 0 Å². The average Bonchev–Trinajstić information content (AvgIpc) is 2.35. The van der Waals surface area contributed by atoms with Gasteiger partial charge in [-0.25, -0.2) is 0 Å². The molecule has 4 heteroatoms. The average molecular weight is 302 g/mol. The fourth-order valence-corrected chi connectivity index (χ4v) is 2.35. The summed E-state index contributed by atoms with van der Waals surface area (Å²) < 4.78 is 5.65. The molecule has 0 bridgehead atoms. The quantitative estimate of drug-likeness (QED) is 0.851. The minimum atomic E-state index is -0.277. The van der Waals surface area contributed by atoms with E-state index in [1.165, 1.54) is 0 Å². The minimum Gasteiger partial charge on any atom is -0.464 e. The molecule has 2 aromatic rings. The highest BCUT2D eigenvalue weighted by Crippen LogP contribution is 2.18. The molecule has 1 aromatic heterocycles. The third kappa shape index (κ3) is 4.18. The van der Waals surface area contributed by atoms with Crippen molar-refractivity contribution in [2.75, 3.05) is 0 Å². The maximum Gasteiger partial charge on any atom is 0.198 e. The summed E-state index contributed by atoms with van der Waals surface area (Å²) in [5, 5.41) is 7.53. The van der Waals surface area contributed by atoms with Crippen LogP contribution in [-0.2, 0) is 0 Å². The summed E-state index contributed by atoms with van der Waals surface area (Å²) in [6.45, 7) is 12.5. The van der Waals surface area contributed by atoms with Crippen molar-refractivity contribution < 1.29 is 4.42 Å². The molecule has 1 heterocycles. The van der Waals surface area contributed by atoms with Gasteiger partial charge in [-0.1, -0.05) is 12.1 Å². The first-order valence-corrected chi connectivity index (χ1v) is 7.63. The number of nitrogens with one attached hydrogen (secondary N) is 2. The maximum atomic E-state index is 12.8. The largest absolute Gasteiger partial charge is 0.464 e. The molecule has 0 aliphatic carbocycles. The Bertz CT molecular complexity index is 689. The van der Waals surface area contributed by atoms with Crippen molar-refractivity contribution in [3.8, 4) is 0 Å². The molecule has 4 nitrogen and oxygen atoms in total. The highest BCUT2D eigenvalue weighted by Gasteiger charge is 2.26. The molecule has 0 saturated carbocycles. The smallest absolute Gasteiger partial charge is 0.198 e. The highest BCUT2D eigenvalue weighted by molar-refractivity contribution is 5.76. The summed E-state index contributed by atoms with van der Waals surface area (Å²) in [4.78, 5) is 12.8. The molecule has 2 rings (SSSR count). The van der Waals surface area contributed by atoms with Gasteiger partial charge in [-0.05, 0) is 53.7 Å². The zero-order valence-corrected chi connectivity index (χ0v) is 14.3. The van der Waals surface area contributed by atoms with E-state index in [9.17, 15) is 4.79 Å². The van der Waals surface area contributed by atoms with Crippen molar-refractivity contribution in [2.45, 2.75) is 58.8 Å². The van der Waals surface area contributed by atoms with Crippen LogP contribution < -0.4 is 16.1 Å². The number of para-hydroxylation sites is 1. The Kier molecular flexibility index (Phi) is 4.45. The zero-order chi connectivity index (χ0) is 16.5. The molecule has 0 fully saturated rings. The SMILES string of the molecule is CC(C)(C)NC(NC(C)(C)C)c1coc2ccccc2c1=O. The molecular formula is C18H26N2O2. The lowest BCUT2D eigenvalue weighted by atomic mass is 10.0. The van der Waals surface area contributed by atoms with Gasteiger partial charge in [0.25, 0.3) is 0 Å². The van der Waals surface area contributed by atoms with E-state index in [0.29, 0.717) is 16.5 Å². The van der Waals surface area contributed by atoms with Crippen molar-refractivity contribution in [1.82, 2.24) is 10.6 Å². The standard InChI is InChI=1S/C18H26N2O2/c1-17(2,3)19-16(20-18(4,5)6)13-11-22-14-10-8-7-9-12(14)15(13)21/h7-11,16,19-20H,1-6H3. The van der Waals surface area contributed by atoms with Crippen molar-refractivity contribution in [2.24, 2.45) is 0 Å². The van der Waals surface area contributed by atoms with E-state index in [4.69, 9.17) is 4.42 Å². The van der Waals surface area contributed by atoms with Crippen LogP contribution in [0.15, 0.2) is 39.7 Å². The fraction of sp³-hybridized carbons (Fsp3) is 0.500. The second-order valence-corrected chi connectivity index (χ2v) is 7.74. The zero-order valence-electron chi connectivity index (χ0n) is 14.3. The van der Waals surface area contributed by atoms with Crippen molar-refractivity contribution in [3.05, 3.63) is 46.3 Å². The van der Waals surface area contributed by atoms with Crippen LogP contribution in [0.4, 0.5) is 0 Å². The number of hydrogen-bond acceptors (Lipinski definition) is 4. The monoisotopic (exact) mass is 302 g/mol. The third-order valence-electron chi connectivity index (χ3n) is 3.17. The van der Waals surface area contributed by atoms with Gasteiger partial charge >= 0.3 is 0 Å². The fourth-order valence-electron chi connectivity index (χ4n) is 2.35. The van der Waals surface area contributed by atoms with Gasteiger partial charge in [0.1, 0.15) is 11.8 Å². The van der Waals surface area contributed by atoms with Gasteiger partial charge in [-0.3, -0.25) is 15.4 Å². The van der Waals surface area contributed by atoms with Gasteiger partial charge in [0, 0.05) is 11.1 Å². The Labute approximate surface area is 131 Å². The normalized spacial score (nSPS) is 13.0. The lowest BCUT2D eigenvalue weighted by Crippen LogP contribution is -2.51. The number of hydrogen-bond donors (Lipinski definition) is 2. The van der Waals surface area contributed by atoms with Gasteiger partial charge < -0.3 is 4.42 Å². The topological polar surface area (TPSA) is 54.3 Å². The number of fused-ring (bicyclic) bond motifs is 1. The molecule has 0 aliphatic heterocycles. The molecule has 120 valence electrons. The van der Waals surface area contributed by atoms with Crippen LogP contribution in [0.1, 0.15) is 53.3 Å². The third-order valence-corrected chi connectivity index (χ3v) is 3.17. The summed E-state index contributed by atoms with van der Waals surface area (Å²) in [6.07, 6.45) is 1.29. The Balaban J connectivity index is 2.51. The predicted molar refractivity (Wildman–Crippen MR) is 91.0 cm³/mol. The lowest BCUT2D eigenvalue weighted by molar-refractivity contribution is 0.263. The van der Waals surface area contributed by atoms with Crippen molar-refractivity contribution in [3.63, 3.8) is 0 Å². The van der Waals surface area contributed by atoms with Gasteiger partial charge in [-0.2, -0.15) is 0 Å². The Morgan fingerprint density at radius 1 is 0.955 bits per heavy atom. The molecule has 0 aliphatic rings. The number of benzene rings is 1. The highest BCUT2D eigenvalue weighted by atomic mass is 16.3. The van der Waals surface area contributed by atoms with E-state index < -0.39 is 0 Å². The van der Waals surface area contributed by atoms with E-state index in [-0.39, 0.29) is 22.7 Å². The Hall–Kier alpha value is -1.65.